The number of aryl methyl sites for hydroxylation is 1. The normalized spacial score (nSPS) is 10.0. The van der Waals surface area contributed by atoms with Gasteiger partial charge in [0.1, 0.15) is 18.0 Å². The minimum atomic E-state index is -0.505. The maximum atomic E-state index is 14.0. The monoisotopic (exact) mass is 415 g/mol. The number of hydrogen-bond acceptors (Lipinski definition) is 6. The van der Waals surface area contributed by atoms with Crippen molar-refractivity contribution in [2.75, 3.05) is 14.2 Å². The molecule has 0 saturated heterocycles. The van der Waals surface area contributed by atoms with E-state index in [4.69, 9.17) is 9.47 Å². The SMILES string of the molecule is CC.COC(=O)CCc1cccc(OCc2cnn(-c3cc(OC)ncc3F)c2)c1. The van der Waals surface area contributed by atoms with Gasteiger partial charge < -0.3 is 14.2 Å². The second-order valence-corrected chi connectivity index (χ2v) is 5.98. The standard InChI is InChI=1S/C20H20FN3O4.C2H6/c1-26-19-9-18(17(21)11-22-19)24-12-15(10-23-24)13-28-16-5-3-4-14(8-16)6-7-20(25)27-2;1-2/h3-5,8-12H,6-7,13H2,1-2H3;1-2H3. The molecule has 0 unspecified atom stereocenters. The molecule has 0 saturated carbocycles. The summed E-state index contributed by atoms with van der Waals surface area (Å²) in [5.41, 5.74) is 1.99. The number of carbonyl (C=O) groups excluding carboxylic acids is 1. The van der Waals surface area contributed by atoms with Gasteiger partial charge in [-0.2, -0.15) is 5.10 Å². The molecular formula is C22H26FN3O4. The van der Waals surface area contributed by atoms with Crippen molar-refractivity contribution in [2.45, 2.75) is 33.3 Å². The number of halogens is 1. The molecule has 0 aliphatic rings. The third-order valence-corrected chi connectivity index (χ3v) is 4.05. The van der Waals surface area contributed by atoms with Crippen LogP contribution in [-0.4, -0.2) is 35.0 Å². The number of aromatic nitrogens is 3. The van der Waals surface area contributed by atoms with E-state index in [-0.39, 0.29) is 18.3 Å². The maximum absolute atomic E-state index is 14.0. The number of rotatable bonds is 8. The number of esters is 1. The lowest BCUT2D eigenvalue weighted by Gasteiger charge is -2.07. The first kappa shape index (κ1) is 22.9. The molecule has 0 aliphatic carbocycles. The third-order valence-electron chi connectivity index (χ3n) is 4.05. The van der Waals surface area contributed by atoms with Crippen LogP contribution >= 0.6 is 0 Å². The van der Waals surface area contributed by atoms with Crippen molar-refractivity contribution in [1.82, 2.24) is 14.8 Å². The van der Waals surface area contributed by atoms with E-state index in [9.17, 15) is 9.18 Å². The van der Waals surface area contributed by atoms with Crippen LogP contribution in [-0.2, 0) is 22.6 Å². The van der Waals surface area contributed by atoms with Gasteiger partial charge in [-0.05, 0) is 24.1 Å². The van der Waals surface area contributed by atoms with Crippen LogP contribution in [0.2, 0.25) is 0 Å². The second-order valence-electron chi connectivity index (χ2n) is 5.98. The molecule has 160 valence electrons. The largest absolute Gasteiger partial charge is 0.489 e. The average molecular weight is 415 g/mol. The van der Waals surface area contributed by atoms with Gasteiger partial charge in [-0.1, -0.05) is 26.0 Å². The molecule has 0 bridgehead atoms. The number of methoxy groups -OCH3 is 2. The summed E-state index contributed by atoms with van der Waals surface area (Å²) in [6.07, 6.45) is 5.26. The number of benzene rings is 1. The molecule has 0 spiro atoms. The minimum absolute atomic E-state index is 0.239. The third kappa shape index (κ3) is 6.30. The highest BCUT2D eigenvalue weighted by atomic mass is 19.1. The van der Waals surface area contributed by atoms with Crippen molar-refractivity contribution in [3.8, 4) is 17.3 Å². The van der Waals surface area contributed by atoms with Crippen LogP contribution in [0.4, 0.5) is 4.39 Å². The lowest BCUT2D eigenvalue weighted by Crippen LogP contribution is -2.02. The van der Waals surface area contributed by atoms with Crippen molar-refractivity contribution >= 4 is 5.97 Å². The highest BCUT2D eigenvalue weighted by molar-refractivity contribution is 5.69. The molecule has 7 nitrogen and oxygen atoms in total. The highest BCUT2D eigenvalue weighted by Gasteiger charge is 2.10. The highest BCUT2D eigenvalue weighted by Crippen LogP contribution is 2.19. The Hall–Kier alpha value is -3.42. The molecule has 0 N–H and O–H groups in total. The zero-order chi connectivity index (χ0) is 21.9. The van der Waals surface area contributed by atoms with Gasteiger partial charge in [0.05, 0.1) is 26.6 Å². The molecule has 8 heteroatoms. The smallest absolute Gasteiger partial charge is 0.305 e. The quantitative estimate of drug-likeness (QED) is 0.515. The van der Waals surface area contributed by atoms with Crippen LogP contribution in [0.15, 0.2) is 48.9 Å². The summed E-state index contributed by atoms with van der Waals surface area (Å²) in [7, 11) is 2.83. The Bertz CT molecular complexity index is 959. The molecule has 30 heavy (non-hydrogen) atoms. The van der Waals surface area contributed by atoms with Crippen molar-refractivity contribution < 1.29 is 23.4 Å². The van der Waals surface area contributed by atoms with E-state index in [1.807, 2.05) is 38.1 Å². The van der Waals surface area contributed by atoms with Gasteiger partial charge in [0.15, 0.2) is 5.82 Å². The molecule has 0 radical (unpaired) electrons. The number of carbonyl (C=O) groups is 1. The van der Waals surface area contributed by atoms with Crippen LogP contribution in [0, 0.1) is 5.82 Å². The lowest BCUT2D eigenvalue weighted by atomic mass is 10.1. The fraction of sp³-hybridized carbons (Fsp3) is 0.318. The Balaban J connectivity index is 0.00000155. The molecule has 3 rings (SSSR count). The first-order valence-corrected chi connectivity index (χ1v) is 9.61. The van der Waals surface area contributed by atoms with E-state index in [2.05, 4.69) is 14.8 Å². The Kier molecular flexibility index (Phi) is 8.80. The fourth-order valence-electron chi connectivity index (χ4n) is 2.57. The predicted octanol–water partition coefficient (Wildman–Crippen LogP) is 4.13. The van der Waals surface area contributed by atoms with Crippen LogP contribution in [0.5, 0.6) is 11.6 Å². The summed E-state index contributed by atoms with van der Waals surface area (Å²) < 4.78 is 30.9. The molecular weight excluding hydrogens is 389 g/mol. The Morgan fingerprint density at radius 1 is 1.13 bits per heavy atom. The van der Waals surface area contributed by atoms with Crippen LogP contribution in [0.3, 0.4) is 0 Å². The second kappa shape index (κ2) is 11.5. The van der Waals surface area contributed by atoms with Crippen LogP contribution in [0.25, 0.3) is 5.69 Å². The summed E-state index contributed by atoms with van der Waals surface area (Å²) >= 11 is 0. The predicted molar refractivity (Wildman–Crippen MR) is 110 cm³/mol. The fourth-order valence-corrected chi connectivity index (χ4v) is 2.57. The van der Waals surface area contributed by atoms with Crippen molar-refractivity contribution in [3.05, 3.63) is 65.9 Å². The van der Waals surface area contributed by atoms with Crippen molar-refractivity contribution in [2.24, 2.45) is 0 Å². The Labute approximate surface area is 175 Å². The lowest BCUT2D eigenvalue weighted by molar-refractivity contribution is -0.140. The van der Waals surface area contributed by atoms with E-state index in [0.29, 0.717) is 24.5 Å². The zero-order valence-electron chi connectivity index (χ0n) is 17.6. The van der Waals surface area contributed by atoms with E-state index in [1.54, 1.807) is 12.4 Å². The maximum Gasteiger partial charge on any atom is 0.305 e. The van der Waals surface area contributed by atoms with Crippen LogP contribution < -0.4 is 9.47 Å². The molecule has 2 heterocycles. The van der Waals surface area contributed by atoms with Gasteiger partial charge in [0.2, 0.25) is 5.88 Å². The number of hydrogen-bond donors (Lipinski definition) is 0. The topological polar surface area (TPSA) is 75.5 Å². The number of pyridine rings is 1. The molecule has 2 aromatic heterocycles. The van der Waals surface area contributed by atoms with Gasteiger partial charge in [0, 0.05) is 24.2 Å². The molecule has 0 amide bonds. The first-order valence-electron chi connectivity index (χ1n) is 9.61. The van der Waals surface area contributed by atoms with Gasteiger partial charge in [0.25, 0.3) is 0 Å². The summed E-state index contributed by atoms with van der Waals surface area (Å²) in [4.78, 5) is 15.1. The molecule has 1 aromatic carbocycles. The minimum Gasteiger partial charge on any atom is -0.489 e. The van der Waals surface area contributed by atoms with Gasteiger partial charge >= 0.3 is 5.97 Å². The van der Waals surface area contributed by atoms with Crippen molar-refractivity contribution in [1.29, 1.82) is 0 Å². The van der Waals surface area contributed by atoms with E-state index < -0.39 is 5.82 Å². The van der Waals surface area contributed by atoms with E-state index >= 15 is 0 Å². The summed E-state index contributed by atoms with van der Waals surface area (Å²) in [5.74, 6) is 0.216. The molecule has 3 aromatic rings. The van der Waals surface area contributed by atoms with E-state index in [0.717, 1.165) is 17.3 Å². The molecule has 0 fully saturated rings. The van der Waals surface area contributed by atoms with Gasteiger partial charge in [-0.15, -0.1) is 0 Å². The van der Waals surface area contributed by atoms with Crippen LogP contribution in [0.1, 0.15) is 31.4 Å². The summed E-state index contributed by atoms with van der Waals surface area (Å²) in [5, 5.41) is 4.17. The molecule has 0 aliphatic heterocycles. The summed E-state index contributed by atoms with van der Waals surface area (Å²) in [6, 6.07) is 8.97. The number of nitrogens with zero attached hydrogens (tertiary/aromatic N) is 3. The van der Waals surface area contributed by atoms with Crippen molar-refractivity contribution in [3.63, 3.8) is 0 Å². The average Bonchev–Trinajstić information content (AvgIpc) is 3.27. The Morgan fingerprint density at radius 3 is 2.67 bits per heavy atom. The molecule has 0 atom stereocenters. The van der Waals surface area contributed by atoms with E-state index in [1.165, 1.54) is 25.0 Å². The first-order chi connectivity index (χ1) is 14.6. The zero-order valence-corrected chi connectivity index (χ0v) is 17.6. The Morgan fingerprint density at radius 2 is 1.93 bits per heavy atom. The van der Waals surface area contributed by atoms with Gasteiger partial charge in [-0.25, -0.2) is 14.1 Å². The number of ether oxygens (including phenoxy) is 3. The van der Waals surface area contributed by atoms with Gasteiger partial charge in [-0.3, -0.25) is 4.79 Å². The summed E-state index contributed by atoms with van der Waals surface area (Å²) in [6.45, 7) is 4.27.